The molecule has 7 nitrogen and oxygen atoms in total. The van der Waals surface area contributed by atoms with Crippen molar-refractivity contribution in [2.45, 2.75) is 13.8 Å². The number of nitrogens with zero attached hydrogens (tertiary/aromatic N) is 1. The molecule has 0 saturated heterocycles. The van der Waals surface area contributed by atoms with Crippen molar-refractivity contribution in [2.24, 2.45) is 0 Å². The Labute approximate surface area is 166 Å². The van der Waals surface area contributed by atoms with Gasteiger partial charge in [0.1, 0.15) is 17.0 Å². The normalized spacial score (nSPS) is 10.7. The smallest absolute Gasteiger partial charge is 0.323 e. The van der Waals surface area contributed by atoms with Gasteiger partial charge in [0.05, 0.1) is 0 Å². The van der Waals surface area contributed by atoms with Gasteiger partial charge in [-0.05, 0) is 72.9 Å². The van der Waals surface area contributed by atoms with Crippen LogP contribution in [-0.4, -0.2) is 16.0 Å². The summed E-state index contributed by atoms with van der Waals surface area (Å²) in [6.45, 7) is 3.99. The van der Waals surface area contributed by atoms with Gasteiger partial charge >= 0.3 is 11.9 Å². The van der Waals surface area contributed by atoms with E-state index in [0.29, 0.717) is 23.0 Å². The van der Waals surface area contributed by atoms with Crippen LogP contribution in [0.5, 0.6) is 11.6 Å². The van der Waals surface area contributed by atoms with Gasteiger partial charge < -0.3 is 20.4 Å². The molecule has 8 heteroatoms. The predicted octanol–water partition coefficient (Wildman–Crippen LogP) is 4.57. The highest BCUT2D eigenvalue weighted by Gasteiger charge is 2.18. The summed E-state index contributed by atoms with van der Waals surface area (Å²) in [6.07, 6.45) is 1.57. The van der Waals surface area contributed by atoms with Crippen molar-refractivity contribution >= 4 is 28.4 Å². The van der Waals surface area contributed by atoms with E-state index in [1.807, 2.05) is 13.8 Å². The lowest BCUT2D eigenvalue weighted by atomic mass is 10.2. The number of halogens is 1. The molecule has 0 unspecified atom stereocenters. The topological polar surface area (TPSA) is 93.2 Å². The first kappa shape index (κ1) is 18.4. The average molecular weight is 392 g/mol. The zero-order chi connectivity index (χ0) is 20.4. The number of hydrogen-bond donors (Lipinski definition) is 3. The summed E-state index contributed by atoms with van der Waals surface area (Å²) < 4.78 is 18.9. The van der Waals surface area contributed by atoms with Gasteiger partial charge in [-0.2, -0.15) is 0 Å². The molecule has 0 atom stereocenters. The number of urea groups is 1. The van der Waals surface area contributed by atoms with Crippen LogP contribution in [-0.2, 0) is 0 Å². The number of ether oxygens (including phenoxy) is 1. The SMILES string of the molecule is Cc1[nH]c2nc[nH+]c(Oc3ccc(NC(=O)Nc4ccc(F)cc4)cc3)c2c1C. The molecule has 4 N–H and O–H groups in total. The molecule has 0 aliphatic carbocycles. The number of aromatic nitrogens is 3. The Morgan fingerprint density at radius 2 is 1.66 bits per heavy atom. The van der Waals surface area contributed by atoms with Gasteiger partial charge in [0.25, 0.3) is 12.0 Å². The molecular formula is C21H19FN5O2+. The number of benzene rings is 2. The molecule has 0 spiro atoms. The van der Waals surface area contributed by atoms with Crippen molar-refractivity contribution in [1.82, 2.24) is 9.97 Å². The van der Waals surface area contributed by atoms with Crippen LogP contribution in [0.1, 0.15) is 11.3 Å². The van der Waals surface area contributed by atoms with Crippen LogP contribution in [0.15, 0.2) is 54.9 Å². The summed E-state index contributed by atoms with van der Waals surface area (Å²) in [7, 11) is 0. The van der Waals surface area contributed by atoms with Gasteiger partial charge in [0.15, 0.2) is 0 Å². The summed E-state index contributed by atoms with van der Waals surface area (Å²) in [4.78, 5) is 22.6. The molecule has 4 rings (SSSR count). The molecule has 0 aliphatic rings. The number of carbonyl (C=O) groups is 1. The van der Waals surface area contributed by atoms with Crippen LogP contribution in [0.4, 0.5) is 20.6 Å². The molecule has 29 heavy (non-hydrogen) atoms. The van der Waals surface area contributed by atoms with Crippen LogP contribution >= 0.6 is 0 Å². The van der Waals surface area contributed by atoms with Gasteiger partial charge in [0.2, 0.25) is 0 Å². The Morgan fingerprint density at radius 1 is 1.03 bits per heavy atom. The first-order valence-electron chi connectivity index (χ1n) is 8.96. The molecule has 2 aromatic carbocycles. The number of amides is 2. The number of H-pyrrole nitrogens is 2. The molecule has 2 heterocycles. The minimum atomic E-state index is -0.423. The van der Waals surface area contributed by atoms with Gasteiger partial charge in [-0.25, -0.2) is 14.2 Å². The summed E-state index contributed by atoms with van der Waals surface area (Å²) >= 11 is 0. The van der Waals surface area contributed by atoms with Gasteiger partial charge in [0, 0.05) is 17.1 Å². The van der Waals surface area contributed by atoms with Crippen molar-refractivity contribution in [2.75, 3.05) is 10.6 Å². The molecule has 146 valence electrons. The van der Waals surface area contributed by atoms with E-state index in [0.717, 1.165) is 22.3 Å². The molecule has 2 amide bonds. The number of aryl methyl sites for hydroxylation is 2. The maximum Gasteiger partial charge on any atom is 0.323 e. The van der Waals surface area contributed by atoms with Gasteiger partial charge in [-0.1, -0.05) is 0 Å². The van der Waals surface area contributed by atoms with Crippen molar-refractivity contribution in [1.29, 1.82) is 0 Å². The Bertz CT molecular complexity index is 1170. The minimum absolute atomic E-state index is 0.361. The number of hydrogen-bond acceptors (Lipinski definition) is 3. The van der Waals surface area contributed by atoms with E-state index in [1.165, 1.54) is 24.3 Å². The lowest BCUT2D eigenvalue weighted by Gasteiger charge is -2.09. The Hall–Kier alpha value is -3.94. The molecule has 0 fully saturated rings. The molecule has 0 bridgehead atoms. The number of carbonyl (C=O) groups excluding carboxylic acids is 1. The van der Waals surface area contributed by atoms with Crippen LogP contribution in [0, 0.1) is 19.7 Å². The highest BCUT2D eigenvalue weighted by molar-refractivity contribution is 5.99. The molecule has 2 aromatic heterocycles. The zero-order valence-electron chi connectivity index (χ0n) is 15.8. The largest absolute Gasteiger partial charge is 0.423 e. The third-order valence-corrected chi connectivity index (χ3v) is 4.53. The Morgan fingerprint density at radius 3 is 2.31 bits per heavy atom. The van der Waals surface area contributed by atoms with E-state index in [4.69, 9.17) is 4.74 Å². The van der Waals surface area contributed by atoms with E-state index in [1.54, 1.807) is 30.6 Å². The van der Waals surface area contributed by atoms with Crippen molar-refractivity contribution < 1.29 is 18.9 Å². The van der Waals surface area contributed by atoms with Crippen molar-refractivity contribution in [3.8, 4) is 11.6 Å². The average Bonchev–Trinajstić information content (AvgIpc) is 3.00. The second kappa shape index (κ2) is 7.59. The van der Waals surface area contributed by atoms with Crippen LogP contribution in [0.3, 0.4) is 0 Å². The van der Waals surface area contributed by atoms with Crippen LogP contribution in [0.25, 0.3) is 11.0 Å². The lowest BCUT2D eigenvalue weighted by molar-refractivity contribution is -0.393. The molecule has 0 radical (unpaired) electrons. The Kier molecular flexibility index (Phi) is 4.82. The maximum absolute atomic E-state index is 12.9. The van der Waals surface area contributed by atoms with Crippen molar-refractivity contribution in [3.63, 3.8) is 0 Å². The number of rotatable bonds is 4. The summed E-state index contributed by atoms with van der Waals surface area (Å²) in [5.41, 5.74) is 3.94. The zero-order valence-corrected chi connectivity index (χ0v) is 15.8. The minimum Gasteiger partial charge on any atom is -0.423 e. The van der Waals surface area contributed by atoms with E-state index in [-0.39, 0.29) is 5.82 Å². The molecule has 0 saturated carbocycles. The monoisotopic (exact) mass is 392 g/mol. The van der Waals surface area contributed by atoms with E-state index in [9.17, 15) is 9.18 Å². The fourth-order valence-electron chi connectivity index (χ4n) is 2.93. The van der Waals surface area contributed by atoms with Gasteiger partial charge in [-0.3, -0.25) is 0 Å². The third kappa shape index (κ3) is 4.01. The lowest BCUT2D eigenvalue weighted by Crippen LogP contribution is -2.19. The maximum atomic E-state index is 12.9. The first-order chi connectivity index (χ1) is 14.0. The summed E-state index contributed by atoms with van der Waals surface area (Å²) in [6, 6.07) is 12.1. The second-order valence-corrected chi connectivity index (χ2v) is 6.54. The Balaban J connectivity index is 1.44. The highest BCUT2D eigenvalue weighted by atomic mass is 19.1. The first-order valence-corrected chi connectivity index (χ1v) is 8.96. The van der Waals surface area contributed by atoms with Crippen LogP contribution in [0.2, 0.25) is 0 Å². The van der Waals surface area contributed by atoms with E-state index < -0.39 is 6.03 Å². The quantitative estimate of drug-likeness (QED) is 0.475. The molecule has 4 aromatic rings. The summed E-state index contributed by atoms with van der Waals surface area (Å²) in [5.74, 6) is 0.836. The van der Waals surface area contributed by atoms with E-state index in [2.05, 4.69) is 25.6 Å². The fourth-order valence-corrected chi connectivity index (χ4v) is 2.93. The third-order valence-electron chi connectivity index (χ3n) is 4.53. The predicted molar refractivity (Wildman–Crippen MR) is 108 cm³/mol. The molecule has 0 aliphatic heterocycles. The number of anilines is 2. The van der Waals surface area contributed by atoms with E-state index >= 15 is 0 Å². The number of fused-ring (bicyclic) bond motifs is 1. The highest BCUT2D eigenvalue weighted by Crippen LogP contribution is 2.29. The number of nitrogens with one attached hydrogen (secondary N) is 4. The summed E-state index contributed by atoms with van der Waals surface area (Å²) in [5, 5.41) is 6.25. The fraction of sp³-hybridized carbons (Fsp3) is 0.0952. The standard InChI is InChI=1S/C21H18FN5O2/c1-12-13(2)25-19-18(12)20(24-11-23-19)29-17-9-7-16(8-10-17)27-21(28)26-15-5-3-14(22)4-6-15/h3-11H,1-2H3,(H,23,24,25)(H2,26,27,28)/p+1. The van der Waals surface area contributed by atoms with Gasteiger partial charge in [-0.15, -0.1) is 0 Å². The molecular weight excluding hydrogens is 373 g/mol. The van der Waals surface area contributed by atoms with Crippen molar-refractivity contribution in [3.05, 3.63) is 71.9 Å². The van der Waals surface area contributed by atoms with Crippen LogP contribution < -0.4 is 20.4 Å². The number of aromatic amines is 2. The second-order valence-electron chi connectivity index (χ2n) is 6.54.